The number of benzene rings is 1. The van der Waals surface area contributed by atoms with Gasteiger partial charge in [-0.05, 0) is 17.7 Å². The molecule has 0 atom stereocenters. The third-order valence-electron chi connectivity index (χ3n) is 1.87. The summed E-state index contributed by atoms with van der Waals surface area (Å²) in [6, 6.07) is 1.73. The lowest BCUT2D eigenvalue weighted by molar-refractivity contribution is -0.139. The molecular formula is C10H10F3NO2. The number of methoxy groups -OCH3 is 1. The fourth-order valence-electron chi connectivity index (χ4n) is 1.09. The number of nitrogens with one attached hydrogen (secondary N) is 1. The fourth-order valence-corrected chi connectivity index (χ4v) is 1.09. The zero-order valence-corrected chi connectivity index (χ0v) is 8.52. The average molecular weight is 233 g/mol. The van der Waals surface area contributed by atoms with Crippen LogP contribution >= 0.6 is 0 Å². The van der Waals surface area contributed by atoms with Crippen molar-refractivity contribution < 1.29 is 22.7 Å². The first-order chi connectivity index (χ1) is 7.54. The van der Waals surface area contributed by atoms with E-state index >= 15 is 0 Å². The van der Waals surface area contributed by atoms with Crippen molar-refractivity contribution in [1.82, 2.24) is 5.32 Å². The molecule has 88 valence electrons. The minimum Gasteiger partial charge on any atom is -0.468 e. The molecule has 0 bridgehead atoms. The summed E-state index contributed by atoms with van der Waals surface area (Å²) in [4.78, 5) is 10.7. The van der Waals surface area contributed by atoms with E-state index in [4.69, 9.17) is 0 Å². The van der Waals surface area contributed by atoms with Crippen molar-refractivity contribution in [2.24, 2.45) is 0 Å². The van der Waals surface area contributed by atoms with Gasteiger partial charge in [-0.3, -0.25) is 4.79 Å². The normalized spacial score (nSPS) is 10.2. The van der Waals surface area contributed by atoms with E-state index in [9.17, 15) is 18.0 Å². The Bertz CT molecular complexity index is 373. The molecule has 0 heterocycles. The van der Waals surface area contributed by atoms with E-state index in [-0.39, 0.29) is 18.7 Å². The van der Waals surface area contributed by atoms with Crippen LogP contribution in [0.15, 0.2) is 12.1 Å². The number of hydrogen-bond donors (Lipinski definition) is 1. The maximum absolute atomic E-state index is 12.8. The predicted molar refractivity (Wildman–Crippen MR) is 50.0 cm³/mol. The Morgan fingerprint density at radius 1 is 1.31 bits per heavy atom. The number of esters is 1. The molecule has 0 amide bonds. The summed E-state index contributed by atoms with van der Waals surface area (Å²) in [7, 11) is 1.22. The Labute approximate surface area is 90.2 Å². The van der Waals surface area contributed by atoms with Gasteiger partial charge in [0, 0.05) is 6.54 Å². The van der Waals surface area contributed by atoms with Crippen LogP contribution in [0.5, 0.6) is 0 Å². The molecule has 0 aliphatic rings. The molecule has 0 spiro atoms. The fraction of sp³-hybridized carbons (Fsp3) is 0.300. The van der Waals surface area contributed by atoms with Crippen LogP contribution in [0.4, 0.5) is 13.2 Å². The second-order valence-corrected chi connectivity index (χ2v) is 3.05. The standard InChI is InChI=1S/C10H10F3NO2/c1-16-9(15)5-14-4-6-2-7(11)10(13)8(12)3-6/h2-3,14H,4-5H2,1H3. The maximum Gasteiger partial charge on any atom is 0.319 e. The number of hydrogen-bond acceptors (Lipinski definition) is 3. The van der Waals surface area contributed by atoms with Crippen molar-refractivity contribution >= 4 is 5.97 Å². The Kier molecular flexibility index (Phi) is 4.30. The second kappa shape index (κ2) is 5.50. The highest BCUT2D eigenvalue weighted by atomic mass is 19.2. The van der Waals surface area contributed by atoms with Crippen molar-refractivity contribution in [2.75, 3.05) is 13.7 Å². The Morgan fingerprint density at radius 3 is 2.38 bits per heavy atom. The number of carbonyl (C=O) groups is 1. The van der Waals surface area contributed by atoms with Crippen LogP contribution in [0.3, 0.4) is 0 Å². The first-order valence-corrected chi connectivity index (χ1v) is 4.45. The summed E-state index contributed by atoms with van der Waals surface area (Å²) in [5, 5.41) is 2.60. The Morgan fingerprint density at radius 2 is 1.88 bits per heavy atom. The van der Waals surface area contributed by atoms with E-state index in [1.807, 2.05) is 0 Å². The number of carbonyl (C=O) groups excluding carboxylic acids is 1. The van der Waals surface area contributed by atoms with Gasteiger partial charge >= 0.3 is 5.97 Å². The van der Waals surface area contributed by atoms with Gasteiger partial charge in [-0.15, -0.1) is 0 Å². The minimum absolute atomic E-state index is 0.0449. The maximum atomic E-state index is 12.8. The van der Waals surface area contributed by atoms with Crippen molar-refractivity contribution in [3.05, 3.63) is 35.1 Å². The molecule has 1 aromatic rings. The summed E-state index contributed by atoms with van der Waals surface area (Å²) < 4.78 is 42.4. The molecule has 0 fully saturated rings. The lowest BCUT2D eigenvalue weighted by Crippen LogP contribution is -2.23. The molecule has 1 aromatic carbocycles. The summed E-state index contributed by atoms with van der Waals surface area (Å²) >= 11 is 0. The lowest BCUT2D eigenvalue weighted by atomic mass is 10.2. The first-order valence-electron chi connectivity index (χ1n) is 4.45. The highest BCUT2D eigenvalue weighted by Gasteiger charge is 2.10. The van der Waals surface area contributed by atoms with Crippen LogP contribution < -0.4 is 5.32 Å². The monoisotopic (exact) mass is 233 g/mol. The van der Waals surface area contributed by atoms with E-state index in [0.29, 0.717) is 0 Å². The molecule has 0 radical (unpaired) electrons. The zero-order valence-electron chi connectivity index (χ0n) is 8.52. The number of rotatable bonds is 4. The first kappa shape index (κ1) is 12.5. The third kappa shape index (κ3) is 3.23. The van der Waals surface area contributed by atoms with Crippen LogP contribution in [0.2, 0.25) is 0 Å². The Balaban J connectivity index is 2.58. The summed E-state index contributed by atoms with van der Waals surface area (Å²) in [5.74, 6) is -4.51. The smallest absolute Gasteiger partial charge is 0.319 e. The molecule has 3 nitrogen and oxygen atoms in total. The van der Waals surface area contributed by atoms with E-state index in [2.05, 4.69) is 10.1 Å². The van der Waals surface area contributed by atoms with Gasteiger partial charge in [0.25, 0.3) is 0 Å². The molecule has 6 heteroatoms. The van der Waals surface area contributed by atoms with Gasteiger partial charge < -0.3 is 10.1 Å². The van der Waals surface area contributed by atoms with E-state index in [1.165, 1.54) is 7.11 Å². The average Bonchev–Trinajstić information content (AvgIpc) is 2.25. The molecule has 0 saturated carbocycles. The molecule has 1 N–H and O–H groups in total. The molecular weight excluding hydrogens is 223 g/mol. The molecule has 0 aliphatic carbocycles. The summed E-state index contributed by atoms with van der Waals surface area (Å²) in [5.41, 5.74) is 0.209. The van der Waals surface area contributed by atoms with Gasteiger partial charge in [-0.1, -0.05) is 0 Å². The molecule has 0 aromatic heterocycles. The Hall–Kier alpha value is -1.56. The van der Waals surface area contributed by atoms with Crippen LogP contribution in [-0.4, -0.2) is 19.6 Å². The van der Waals surface area contributed by atoms with Crippen LogP contribution in [0.1, 0.15) is 5.56 Å². The number of halogens is 3. The molecule has 0 saturated heterocycles. The topological polar surface area (TPSA) is 38.3 Å². The highest BCUT2D eigenvalue weighted by Crippen LogP contribution is 2.13. The van der Waals surface area contributed by atoms with E-state index in [0.717, 1.165) is 12.1 Å². The van der Waals surface area contributed by atoms with Crippen LogP contribution in [-0.2, 0) is 16.1 Å². The van der Waals surface area contributed by atoms with E-state index < -0.39 is 23.4 Å². The van der Waals surface area contributed by atoms with E-state index in [1.54, 1.807) is 0 Å². The van der Waals surface area contributed by atoms with Crippen molar-refractivity contribution in [1.29, 1.82) is 0 Å². The minimum atomic E-state index is -1.50. The van der Waals surface area contributed by atoms with Gasteiger partial charge in [0.15, 0.2) is 17.5 Å². The van der Waals surface area contributed by atoms with Crippen molar-refractivity contribution in [3.8, 4) is 0 Å². The van der Waals surface area contributed by atoms with Crippen LogP contribution in [0, 0.1) is 17.5 Å². The summed E-state index contributed by atoms with van der Waals surface area (Å²) in [6.07, 6.45) is 0. The third-order valence-corrected chi connectivity index (χ3v) is 1.87. The highest BCUT2D eigenvalue weighted by molar-refractivity contribution is 5.71. The molecule has 0 aliphatic heterocycles. The predicted octanol–water partition coefficient (Wildman–Crippen LogP) is 1.37. The van der Waals surface area contributed by atoms with Gasteiger partial charge in [0.05, 0.1) is 13.7 Å². The second-order valence-electron chi connectivity index (χ2n) is 3.05. The SMILES string of the molecule is COC(=O)CNCc1cc(F)c(F)c(F)c1. The summed E-state index contributed by atoms with van der Waals surface area (Å²) in [6.45, 7) is -0.0413. The van der Waals surface area contributed by atoms with Gasteiger partial charge in [-0.2, -0.15) is 0 Å². The molecule has 0 unspecified atom stereocenters. The van der Waals surface area contributed by atoms with Crippen LogP contribution in [0.25, 0.3) is 0 Å². The molecule has 1 rings (SSSR count). The quantitative estimate of drug-likeness (QED) is 0.630. The van der Waals surface area contributed by atoms with Crippen molar-refractivity contribution in [3.63, 3.8) is 0 Å². The lowest BCUT2D eigenvalue weighted by Gasteiger charge is -2.04. The van der Waals surface area contributed by atoms with Gasteiger partial charge in [0.2, 0.25) is 0 Å². The number of ether oxygens (including phenoxy) is 1. The van der Waals surface area contributed by atoms with Gasteiger partial charge in [-0.25, -0.2) is 13.2 Å². The van der Waals surface area contributed by atoms with Crippen molar-refractivity contribution in [2.45, 2.75) is 6.54 Å². The molecule has 16 heavy (non-hydrogen) atoms. The van der Waals surface area contributed by atoms with Gasteiger partial charge in [0.1, 0.15) is 0 Å². The zero-order chi connectivity index (χ0) is 12.1. The largest absolute Gasteiger partial charge is 0.468 e.